The van der Waals surface area contributed by atoms with Crippen molar-refractivity contribution < 1.29 is 9.53 Å². The number of hydrogen-bond donors (Lipinski definition) is 2. The summed E-state index contributed by atoms with van der Waals surface area (Å²) in [5.74, 6) is 0.494. The Hall–Kier alpha value is -1.14. The number of methoxy groups -OCH3 is 1. The molecule has 1 atom stereocenters. The number of aromatic nitrogens is 1. The van der Waals surface area contributed by atoms with Crippen LogP contribution in [-0.2, 0) is 11.2 Å². The van der Waals surface area contributed by atoms with Gasteiger partial charge in [0.2, 0.25) is 0 Å². The first kappa shape index (κ1) is 14.9. The molecular formula is C12H21N3O2S. The number of nitrogen functional groups attached to an aromatic ring is 1. The number of hydrogen-bond acceptors (Lipinski definition) is 6. The first-order valence-electron chi connectivity index (χ1n) is 5.75. The molecule has 0 aromatic carbocycles. The maximum Gasteiger partial charge on any atom is 0.351 e. The van der Waals surface area contributed by atoms with Gasteiger partial charge in [-0.2, -0.15) is 0 Å². The molecule has 3 N–H and O–H groups in total. The minimum Gasteiger partial charge on any atom is -0.465 e. The molecule has 0 aliphatic carbocycles. The number of nitrogens with two attached hydrogens (primary N) is 1. The Balaban J connectivity index is 0.00000162. The number of rotatable bonds is 3. The van der Waals surface area contributed by atoms with Crippen LogP contribution in [0, 0.1) is 5.92 Å². The molecule has 6 heteroatoms. The van der Waals surface area contributed by atoms with E-state index in [1.54, 1.807) is 0 Å². The van der Waals surface area contributed by atoms with Gasteiger partial charge in [0, 0.05) is 6.42 Å². The van der Waals surface area contributed by atoms with Crippen LogP contribution in [0.3, 0.4) is 0 Å². The van der Waals surface area contributed by atoms with Crippen molar-refractivity contribution in [1.82, 2.24) is 10.3 Å². The average Bonchev–Trinajstić information content (AvgIpc) is 2.70. The molecule has 0 saturated carbocycles. The number of nitrogens with zero attached hydrogens (tertiary/aromatic N) is 1. The van der Waals surface area contributed by atoms with Crippen molar-refractivity contribution >= 4 is 23.1 Å². The van der Waals surface area contributed by atoms with E-state index in [4.69, 9.17) is 5.73 Å². The highest BCUT2D eigenvalue weighted by molar-refractivity contribution is 7.14. The highest BCUT2D eigenvalue weighted by Gasteiger charge is 2.20. The van der Waals surface area contributed by atoms with Gasteiger partial charge in [0.25, 0.3) is 0 Å². The minimum absolute atomic E-state index is 0. The summed E-state index contributed by atoms with van der Waals surface area (Å²) >= 11 is 1.35. The van der Waals surface area contributed by atoms with Crippen molar-refractivity contribution in [3.05, 3.63) is 9.88 Å². The third-order valence-corrected chi connectivity index (χ3v) is 4.00. The van der Waals surface area contributed by atoms with Crippen LogP contribution in [0.25, 0.3) is 0 Å². The summed E-state index contributed by atoms with van der Waals surface area (Å²) in [5.41, 5.74) is 5.71. The van der Waals surface area contributed by atoms with Gasteiger partial charge >= 0.3 is 5.97 Å². The van der Waals surface area contributed by atoms with Crippen LogP contribution in [0.4, 0.5) is 5.82 Å². The fourth-order valence-electron chi connectivity index (χ4n) is 2.05. The third kappa shape index (κ3) is 3.43. The maximum absolute atomic E-state index is 11.4. The number of thiazole rings is 1. The zero-order valence-electron chi connectivity index (χ0n) is 9.86. The molecule has 1 aromatic heterocycles. The van der Waals surface area contributed by atoms with E-state index in [1.165, 1.54) is 31.3 Å². The molecule has 0 radical (unpaired) electrons. The lowest BCUT2D eigenvalue weighted by atomic mass is 9.97. The molecule has 1 aromatic rings. The van der Waals surface area contributed by atoms with E-state index in [2.05, 4.69) is 15.0 Å². The van der Waals surface area contributed by atoms with Crippen LogP contribution in [-0.4, -0.2) is 31.2 Å². The minimum atomic E-state index is -0.395. The van der Waals surface area contributed by atoms with Gasteiger partial charge in [0.15, 0.2) is 4.88 Å². The van der Waals surface area contributed by atoms with Gasteiger partial charge in [-0.05, 0) is 31.8 Å². The average molecular weight is 271 g/mol. The molecule has 102 valence electrons. The van der Waals surface area contributed by atoms with Crippen molar-refractivity contribution in [1.29, 1.82) is 0 Å². The molecule has 2 heterocycles. The molecular weight excluding hydrogens is 250 g/mol. The molecule has 1 aliphatic heterocycles. The molecule has 1 aliphatic rings. The Kier molecular flexibility index (Phi) is 5.55. The standard InChI is InChI=1S/C11H17N3O2S.CH4/c1-16-11(15)9-10(12)14-8(17-9)5-7-3-2-4-13-6-7;/h7,13H,2-6,12H2,1H3;1H4. The monoisotopic (exact) mass is 271 g/mol. The van der Waals surface area contributed by atoms with E-state index in [0.717, 1.165) is 24.5 Å². The van der Waals surface area contributed by atoms with Gasteiger partial charge in [-0.25, -0.2) is 9.78 Å². The van der Waals surface area contributed by atoms with Crippen molar-refractivity contribution in [3.63, 3.8) is 0 Å². The second-order valence-corrected chi connectivity index (χ2v) is 5.31. The first-order valence-corrected chi connectivity index (χ1v) is 6.56. The predicted octanol–water partition coefficient (Wildman–Crippen LogP) is 1.69. The zero-order valence-corrected chi connectivity index (χ0v) is 10.7. The number of esters is 1. The fraction of sp³-hybridized carbons (Fsp3) is 0.667. The van der Waals surface area contributed by atoms with Crippen molar-refractivity contribution in [2.45, 2.75) is 26.7 Å². The molecule has 1 saturated heterocycles. The lowest BCUT2D eigenvalue weighted by Gasteiger charge is -2.21. The third-order valence-electron chi connectivity index (χ3n) is 2.93. The number of carbonyl (C=O) groups is 1. The number of anilines is 1. The summed E-state index contributed by atoms with van der Waals surface area (Å²) < 4.78 is 4.66. The van der Waals surface area contributed by atoms with Crippen molar-refractivity contribution in [3.8, 4) is 0 Å². The largest absolute Gasteiger partial charge is 0.465 e. The SMILES string of the molecule is C.COC(=O)c1sc(CC2CCCNC2)nc1N. The van der Waals surface area contributed by atoms with Crippen LogP contribution in [0.15, 0.2) is 0 Å². The number of ether oxygens (including phenoxy) is 1. The van der Waals surface area contributed by atoms with Crippen molar-refractivity contribution in [2.75, 3.05) is 25.9 Å². The summed E-state index contributed by atoms with van der Waals surface area (Å²) in [6.07, 6.45) is 3.30. The van der Waals surface area contributed by atoms with Gasteiger partial charge in [-0.3, -0.25) is 0 Å². The lowest BCUT2D eigenvalue weighted by molar-refractivity contribution is 0.0607. The number of piperidine rings is 1. The van der Waals surface area contributed by atoms with E-state index in [-0.39, 0.29) is 7.43 Å². The van der Waals surface area contributed by atoms with Crippen LogP contribution in [0.5, 0.6) is 0 Å². The summed E-state index contributed by atoms with van der Waals surface area (Å²) in [6, 6.07) is 0. The number of nitrogens with one attached hydrogen (secondary N) is 1. The molecule has 18 heavy (non-hydrogen) atoms. The molecule has 0 bridgehead atoms. The molecule has 0 spiro atoms. The lowest BCUT2D eigenvalue weighted by Crippen LogP contribution is -2.30. The molecule has 1 fully saturated rings. The Morgan fingerprint density at radius 2 is 2.44 bits per heavy atom. The van der Waals surface area contributed by atoms with Gasteiger partial charge in [0.05, 0.1) is 12.1 Å². The Morgan fingerprint density at radius 1 is 1.67 bits per heavy atom. The summed E-state index contributed by atoms with van der Waals surface area (Å²) in [7, 11) is 1.35. The highest BCUT2D eigenvalue weighted by Crippen LogP contribution is 2.25. The molecule has 2 rings (SSSR count). The fourth-order valence-corrected chi connectivity index (χ4v) is 3.06. The molecule has 5 nitrogen and oxygen atoms in total. The van der Waals surface area contributed by atoms with Gasteiger partial charge in [-0.15, -0.1) is 11.3 Å². The van der Waals surface area contributed by atoms with E-state index in [9.17, 15) is 4.79 Å². The van der Waals surface area contributed by atoms with Gasteiger partial charge in [-0.1, -0.05) is 7.43 Å². The van der Waals surface area contributed by atoms with Crippen LogP contribution in [0.1, 0.15) is 34.9 Å². The molecule has 1 unspecified atom stereocenters. The van der Waals surface area contributed by atoms with Crippen molar-refractivity contribution in [2.24, 2.45) is 5.92 Å². The smallest absolute Gasteiger partial charge is 0.351 e. The van der Waals surface area contributed by atoms with E-state index in [1.807, 2.05) is 0 Å². The summed E-state index contributed by atoms with van der Waals surface area (Å²) in [5, 5.41) is 4.29. The summed E-state index contributed by atoms with van der Waals surface area (Å²) in [4.78, 5) is 16.1. The predicted molar refractivity (Wildman–Crippen MR) is 73.9 cm³/mol. The quantitative estimate of drug-likeness (QED) is 0.818. The second kappa shape index (κ2) is 6.70. The van der Waals surface area contributed by atoms with Gasteiger partial charge < -0.3 is 15.8 Å². The summed E-state index contributed by atoms with van der Waals surface area (Å²) in [6.45, 7) is 2.12. The normalized spacial score (nSPS) is 19.1. The maximum atomic E-state index is 11.4. The second-order valence-electron chi connectivity index (χ2n) is 4.23. The van der Waals surface area contributed by atoms with Crippen LogP contribution in [0.2, 0.25) is 0 Å². The Bertz CT molecular complexity index is 400. The highest BCUT2D eigenvalue weighted by atomic mass is 32.1. The Morgan fingerprint density at radius 3 is 3.06 bits per heavy atom. The first-order chi connectivity index (χ1) is 8.20. The van der Waals surface area contributed by atoms with E-state index < -0.39 is 5.97 Å². The zero-order chi connectivity index (χ0) is 12.3. The van der Waals surface area contributed by atoms with Gasteiger partial charge in [0.1, 0.15) is 5.82 Å². The molecule has 0 amide bonds. The van der Waals surface area contributed by atoms with Crippen LogP contribution >= 0.6 is 11.3 Å². The van der Waals surface area contributed by atoms with Crippen LogP contribution < -0.4 is 11.1 Å². The van der Waals surface area contributed by atoms with E-state index >= 15 is 0 Å². The van der Waals surface area contributed by atoms with E-state index in [0.29, 0.717) is 16.6 Å². The topological polar surface area (TPSA) is 77.2 Å². The number of carbonyl (C=O) groups excluding carboxylic acids is 1. The Labute approximate surface area is 112 Å².